The Kier molecular flexibility index (Phi) is 29.8. The first-order chi connectivity index (χ1) is 51.5. The number of carbonyl (C=O) groups excluding carboxylic acids is 2. The molecule has 4 aromatic heterocycles. The molecule has 9 rings (SSSR count). The number of ether oxygens (including phenoxy) is 3. The summed E-state index contributed by atoms with van der Waals surface area (Å²) in [4.78, 5) is 33.4. The molecule has 0 bridgehead atoms. The second kappa shape index (κ2) is 36.7. The number of aromatic nitrogens is 6. The molecule has 1 aliphatic heterocycles. The minimum absolute atomic E-state index is 0.0129. The number of hydrogen-bond acceptors (Lipinski definition) is 22. The molecule has 1 aliphatic carbocycles. The highest BCUT2D eigenvalue weighted by atomic mass is 31.2. The maximum absolute atomic E-state index is 14.4. The van der Waals surface area contributed by atoms with E-state index in [1.807, 2.05) is 46.8 Å². The molecule has 0 spiro atoms. The van der Waals surface area contributed by atoms with Gasteiger partial charge in [0.1, 0.15) is 58.8 Å². The molecule has 3 aromatic carbocycles. The van der Waals surface area contributed by atoms with Gasteiger partial charge in [-0.3, -0.25) is 14.1 Å². The van der Waals surface area contributed by atoms with Crippen LogP contribution in [0.2, 0.25) is 36.3 Å². The summed E-state index contributed by atoms with van der Waals surface area (Å²) in [5.74, 6) is -14.3. The fourth-order valence-electron chi connectivity index (χ4n) is 12.1. The Morgan fingerprint density at radius 1 is 0.636 bits per heavy atom. The van der Waals surface area contributed by atoms with Crippen LogP contribution in [-0.4, -0.2) is 120 Å². The second-order valence-corrected chi connectivity index (χ2v) is 43.6. The third-order valence-corrected chi connectivity index (χ3v) is 33.5. The number of benzene rings is 3. The van der Waals surface area contributed by atoms with Gasteiger partial charge in [-0.15, -0.1) is 0 Å². The summed E-state index contributed by atoms with van der Waals surface area (Å²) in [5, 5.41) is 44.8. The van der Waals surface area contributed by atoms with Crippen molar-refractivity contribution < 1.29 is 86.9 Å². The normalized spacial score (nSPS) is 21.8. The first-order valence-corrected chi connectivity index (χ1v) is 45.5. The number of nitriles is 2. The third-order valence-electron chi connectivity index (χ3n) is 21.3. The van der Waals surface area contributed by atoms with E-state index in [-0.39, 0.29) is 83.6 Å². The van der Waals surface area contributed by atoms with Gasteiger partial charge in [-0.05, 0) is 129 Å². The number of carbonyl (C=O) groups is 2. The fourth-order valence-corrected chi connectivity index (χ4v) is 17.9. The summed E-state index contributed by atoms with van der Waals surface area (Å²) in [7, 11) is -13.8. The minimum atomic E-state index is -4.93. The average Bonchev–Trinajstić information content (AvgIpc) is 1.57. The van der Waals surface area contributed by atoms with E-state index in [0.29, 0.717) is 29.0 Å². The molecule has 602 valence electrons. The number of aliphatic hydroxyl groups is 1. The van der Waals surface area contributed by atoms with Crippen LogP contribution >= 0.6 is 15.5 Å². The van der Waals surface area contributed by atoms with Crippen molar-refractivity contribution in [1.29, 1.82) is 10.5 Å². The highest BCUT2D eigenvalue weighted by Crippen LogP contribution is 2.55. The zero-order chi connectivity index (χ0) is 81.9. The maximum Gasteiger partial charge on any atom is 0.513 e. The number of nitrogens with zero attached hydrogens (tertiary/aromatic N) is 8. The van der Waals surface area contributed by atoms with Crippen molar-refractivity contribution >= 4 is 66.7 Å². The van der Waals surface area contributed by atoms with Crippen LogP contribution in [-0.2, 0) is 57.3 Å². The van der Waals surface area contributed by atoms with E-state index in [0.717, 1.165) is 31.4 Å². The molecule has 2 aliphatic rings. The lowest BCUT2D eigenvalue weighted by atomic mass is 9.81. The smallest absolute Gasteiger partial charge is 0.464 e. The number of esters is 2. The third kappa shape index (κ3) is 20.1. The molecule has 1 saturated carbocycles. The van der Waals surface area contributed by atoms with Crippen LogP contribution in [0.5, 0.6) is 17.2 Å². The maximum atomic E-state index is 14.4. The molecule has 35 heteroatoms. The lowest BCUT2D eigenvalue weighted by Crippen LogP contribution is -2.51. The second-order valence-electron chi connectivity index (χ2n) is 30.8. The summed E-state index contributed by atoms with van der Waals surface area (Å²) in [6, 6.07) is 25.4. The molecule has 7 aromatic rings. The number of anilines is 2. The summed E-state index contributed by atoms with van der Waals surface area (Å²) in [6.07, 6.45) is 4.59. The summed E-state index contributed by atoms with van der Waals surface area (Å²) >= 11 is 0. The van der Waals surface area contributed by atoms with Gasteiger partial charge in [0, 0.05) is 12.5 Å². The molecule has 2 unspecified atom stereocenters. The zero-order valence-corrected chi connectivity index (χ0v) is 69.4. The van der Waals surface area contributed by atoms with E-state index in [4.69, 9.17) is 52.6 Å². The number of aliphatic hydroxyl groups excluding tert-OH is 1. The number of fused-ring (bicyclic) bond motifs is 2. The van der Waals surface area contributed by atoms with Crippen LogP contribution in [0.1, 0.15) is 140 Å². The Hall–Kier alpha value is -7.92. The van der Waals surface area contributed by atoms with Crippen molar-refractivity contribution in [3.05, 3.63) is 138 Å². The van der Waals surface area contributed by atoms with E-state index in [2.05, 4.69) is 117 Å². The minimum Gasteiger partial charge on any atom is -0.464 e. The zero-order valence-electron chi connectivity index (χ0n) is 65.6. The van der Waals surface area contributed by atoms with Gasteiger partial charge in [0.05, 0.1) is 55.6 Å². The molecule has 26 nitrogen and oxygen atoms in total. The SMILES string of the molecule is CCC(CC)COC(=O)[C@H](C)N[P@](=O)(OC[C@H]1O[C@@](C#N)(c2ccc3c(N)ncnn23)C(O[Si](C)(C)C(C)(C)C)[C@@H]1C)Oc1ccccc1.CCC(CC)COC(=O)[C@H](C)N[P@](=O)(Oc1ccccc1)Oc1c(F)c(F)c(F)c(F)c1F.C[C@H]1C(O[Si](C)(C)C(C)(C)C)[C@](C#N)(c2ccc3c(N)ncnn23)C[C@@H]1CO. The van der Waals surface area contributed by atoms with Crippen molar-refractivity contribution in [3.63, 3.8) is 0 Å². The number of rotatable bonds is 30. The van der Waals surface area contributed by atoms with Crippen molar-refractivity contribution in [1.82, 2.24) is 39.4 Å². The van der Waals surface area contributed by atoms with E-state index in [1.165, 1.54) is 43.8 Å². The fraction of sp³-hybridized carbons (Fsp3) is 0.547. The van der Waals surface area contributed by atoms with Crippen LogP contribution in [0.25, 0.3) is 11.0 Å². The number of para-hydroxylation sites is 2. The molecule has 2 fully saturated rings. The van der Waals surface area contributed by atoms with Gasteiger partial charge >= 0.3 is 27.4 Å². The van der Waals surface area contributed by atoms with Gasteiger partial charge in [-0.1, -0.05) is 145 Å². The number of halogens is 5. The Morgan fingerprint density at radius 3 is 1.48 bits per heavy atom. The van der Waals surface area contributed by atoms with E-state index < -0.39 is 120 Å². The van der Waals surface area contributed by atoms with Crippen LogP contribution in [0.4, 0.5) is 33.6 Å². The summed E-state index contributed by atoms with van der Waals surface area (Å²) in [6.45, 7) is 36.3. The highest BCUT2D eigenvalue weighted by Gasteiger charge is 2.61. The quantitative estimate of drug-likeness (QED) is 0.00697. The first-order valence-electron chi connectivity index (χ1n) is 36.6. The topological polar surface area (TPSA) is 356 Å². The molecule has 5 heterocycles. The summed E-state index contributed by atoms with van der Waals surface area (Å²) in [5.41, 5.74) is 12.0. The molecule has 0 amide bonds. The Balaban J connectivity index is 0.000000241. The van der Waals surface area contributed by atoms with Crippen LogP contribution < -0.4 is 35.2 Å². The lowest BCUT2D eigenvalue weighted by Gasteiger charge is -2.43. The molecule has 12 atom stereocenters. The van der Waals surface area contributed by atoms with Crippen LogP contribution in [0, 0.1) is 81.3 Å². The Labute approximate surface area is 642 Å². The van der Waals surface area contributed by atoms with Gasteiger partial charge in [0.15, 0.2) is 28.3 Å². The lowest BCUT2D eigenvalue weighted by molar-refractivity contribution is -0.147. The predicted octanol–water partition coefficient (Wildman–Crippen LogP) is 15.6. The van der Waals surface area contributed by atoms with Gasteiger partial charge < -0.3 is 53.2 Å². The van der Waals surface area contributed by atoms with E-state index >= 15 is 0 Å². The largest absolute Gasteiger partial charge is 0.513 e. The van der Waals surface area contributed by atoms with Crippen molar-refractivity contribution in [2.75, 3.05) is 37.9 Å². The Morgan fingerprint density at radius 2 is 1.05 bits per heavy atom. The molecule has 110 heavy (non-hydrogen) atoms. The predicted molar refractivity (Wildman–Crippen MR) is 409 cm³/mol. The van der Waals surface area contributed by atoms with Gasteiger partial charge in [0.25, 0.3) is 0 Å². The number of nitrogens with two attached hydrogens (primary N) is 2. The average molecular weight is 1610 g/mol. The highest BCUT2D eigenvalue weighted by molar-refractivity contribution is 7.52. The van der Waals surface area contributed by atoms with E-state index in [1.54, 1.807) is 64.5 Å². The molecule has 0 radical (unpaired) electrons. The van der Waals surface area contributed by atoms with E-state index in [9.17, 15) is 56.3 Å². The standard InChI is InChI=1S/C34H51N6O7PSi.C21H23F5NO5P.C20H31N5O2Si/c1-10-25(11-2)19-43-32(41)24(4)39-48(42,46-26-15-13-12-14-16-26)44-20-28-23(3)30(47-49(8,9)33(5,6)7)34(21-35,45-28)29-18-17-27-31(36)37-22-38-40(27)29;1-4-13(5-2)11-30-21(28)12(3)27-33(29,31-14-9-7-6-8-10-14)32-20-18(25)16(23)15(22)17(24)19(20)26;1-13-14(10-26)9-20(11-21,17(13)27-28(5,6)19(2,3)4)16-8-7-15-18(22)23-12-24-25(15)16/h12-18,22-25,28,30H,10-11,19-20H2,1-9H3,(H,39,42)(H2,36,37,38);6-10,12-13H,4-5,11H2,1-3H3,(H,27,29);7-8,12-14,17,26H,9-10H2,1-6H3,(H2,22,23,24)/t23-,24+,28-,30?,34+,48+;12-,33-;13-,14-,17?,20-/m101/s1. The van der Waals surface area contributed by atoms with Crippen LogP contribution in [0.3, 0.4) is 0 Å². The summed E-state index contributed by atoms with van der Waals surface area (Å²) < 4.78 is 153. The molecular formula is C75H105F5N12O14P2Si2. The van der Waals surface area contributed by atoms with Crippen LogP contribution in [0.15, 0.2) is 97.6 Å². The van der Waals surface area contributed by atoms with Crippen molar-refractivity contribution in [2.24, 2.45) is 29.6 Å². The number of nitrogen functional groups attached to an aromatic ring is 2. The molecule has 1 saturated heterocycles. The van der Waals surface area contributed by atoms with Gasteiger partial charge in [0.2, 0.25) is 40.4 Å². The number of hydrogen-bond donors (Lipinski definition) is 5. The molecule has 7 N–H and O–H groups in total. The van der Waals surface area contributed by atoms with Crippen molar-refractivity contribution in [2.45, 2.75) is 207 Å². The number of nitrogens with one attached hydrogen (secondary N) is 2. The van der Waals surface area contributed by atoms with Gasteiger partial charge in [-0.2, -0.15) is 39.7 Å². The first kappa shape index (κ1) is 89.3. The molecular weight excluding hydrogens is 1510 g/mol. The van der Waals surface area contributed by atoms with Gasteiger partial charge in [-0.25, -0.2) is 41.3 Å². The Bertz CT molecular complexity index is 4460. The van der Waals surface area contributed by atoms with Crippen molar-refractivity contribution in [3.8, 4) is 29.4 Å². The monoisotopic (exact) mass is 1610 g/mol.